The Morgan fingerprint density at radius 1 is 1.00 bits per heavy atom. The molecule has 1 saturated heterocycles. The van der Waals surface area contributed by atoms with E-state index in [1.54, 1.807) is 18.2 Å². The summed E-state index contributed by atoms with van der Waals surface area (Å²) >= 11 is 0. The molecule has 0 saturated carbocycles. The molecule has 2 N–H and O–H groups in total. The summed E-state index contributed by atoms with van der Waals surface area (Å²) in [6.07, 6.45) is -4.45. The summed E-state index contributed by atoms with van der Waals surface area (Å²) in [5.74, 6) is 0.175. The van der Waals surface area contributed by atoms with Crippen LogP contribution in [-0.2, 0) is 6.18 Å². The van der Waals surface area contributed by atoms with Crippen LogP contribution in [0.1, 0.15) is 5.56 Å². The second kappa shape index (κ2) is 7.15. The van der Waals surface area contributed by atoms with Crippen LogP contribution in [0.2, 0.25) is 0 Å². The number of benzene rings is 2. The predicted octanol–water partition coefficient (Wildman–Crippen LogP) is 3.77. The smallest absolute Gasteiger partial charge is 0.416 e. The van der Waals surface area contributed by atoms with Crippen molar-refractivity contribution in [2.45, 2.75) is 6.18 Å². The summed E-state index contributed by atoms with van der Waals surface area (Å²) in [7, 11) is 0. The third-order valence-electron chi connectivity index (χ3n) is 4.23. The molecule has 1 heterocycles. The number of phenols is 1. The molecule has 0 spiro atoms. The second-order valence-corrected chi connectivity index (χ2v) is 5.97. The van der Waals surface area contributed by atoms with Gasteiger partial charge in [0.2, 0.25) is 0 Å². The topological polar surface area (TPSA) is 55.8 Å². The summed E-state index contributed by atoms with van der Waals surface area (Å²) in [4.78, 5) is 15.8. The molecule has 1 aliphatic heterocycles. The minimum atomic E-state index is -4.45. The lowest BCUT2D eigenvalue weighted by Crippen LogP contribution is -2.50. The number of amides is 2. The lowest BCUT2D eigenvalue weighted by atomic mass is 10.2. The van der Waals surface area contributed by atoms with Gasteiger partial charge in [0.05, 0.1) is 11.3 Å². The number of carbonyl (C=O) groups is 1. The molecule has 1 fully saturated rings. The molecule has 8 heteroatoms. The maximum absolute atomic E-state index is 12.7. The van der Waals surface area contributed by atoms with Crippen LogP contribution in [0.3, 0.4) is 0 Å². The molecule has 0 unspecified atom stereocenters. The molecule has 2 aromatic carbocycles. The van der Waals surface area contributed by atoms with Crippen LogP contribution in [0, 0.1) is 0 Å². The number of hydrogen-bond acceptors (Lipinski definition) is 3. The third kappa shape index (κ3) is 4.01. The Balaban J connectivity index is 1.60. The van der Waals surface area contributed by atoms with E-state index < -0.39 is 17.8 Å². The van der Waals surface area contributed by atoms with Gasteiger partial charge in [0.1, 0.15) is 5.75 Å². The highest BCUT2D eigenvalue weighted by molar-refractivity contribution is 5.89. The molecule has 0 aromatic heterocycles. The summed E-state index contributed by atoms with van der Waals surface area (Å²) in [6, 6.07) is 11.1. The van der Waals surface area contributed by atoms with E-state index >= 15 is 0 Å². The quantitative estimate of drug-likeness (QED) is 0.852. The number of urea groups is 1. The van der Waals surface area contributed by atoms with Gasteiger partial charge < -0.3 is 20.2 Å². The van der Waals surface area contributed by atoms with E-state index in [4.69, 9.17) is 0 Å². The zero-order valence-corrected chi connectivity index (χ0v) is 13.8. The van der Waals surface area contributed by atoms with E-state index in [0.29, 0.717) is 31.9 Å². The first-order valence-corrected chi connectivity index (χ1v) is 8.11. The number of alkyl halides is 3. The van der Waals surface area contributed by atoms with Crippen LogP contribution in [0.15, 0.2) is 48.5 Å². The van der Waals surface area contributed by atoms with Crippen LogP contribution in [0.4, 0.5) is 29.3 Å². The summed E-state index contributed by atoms with van der Waals surface area (Å²) in [5.41, 5.74) is -0.00179. The average Bonchev–Trinajstić information content (AvgIpc) is 2.62. The lowest BCUT2D eigenvalue weighted by molar-refractivity contribution is -0.137. The zero-order chi connectivity index (χ0) is 18.7. The maximum atomic E-state index is 12.7. The Bertz CT molecular complexity index is 787. The number of carbonyl (C=O) groups excluding carboxylic acids is 1. The second-order valence-electron chi connectivity index (χ2n) is 5.97. The van der Waals surface area contributed by atoms with E-state index in [-0.39, 0.29) is 11.4 Å². The number of piperazine rings is 1. The van der Waals surface area contributed by atoms with E-state index in [9.17, 15) is 23.1 Å². The number of rotatable bonds is 2. The van der Waals surface area contributed by atoms with E-state index in [0.717, 1.165) is 12.1 Å². The van der Waals surface area contributed by atoms with Crippen molar-refractivity contribution >= 4 is 17.4 Å². The van der Waals surface area contributed by atoms with E-state index in [1.807, 2.05) is 11.0 Å². The number of anilines is 2. The lowest BCUT2D eigenvalue weighted by Gasteiger charge is -2.36. The fourth-order valence-corrected chi connectivity index (χ4v) is 2.86. The Kier molecular flexibility index (Phi) is 4.92. The Morgan fingerprint density at radius 3 is 2.35 bits per heavy atom. The van der Waals surface area contributed by atoms with Crippen LogP contribution in [-0.4, -0.2) is 42.2 Å². The molecule has 0 atom stereocenters. The van der Waals surface area contributed by atoms with Gasteiger partial charge in [0.25, 0.3) is 0 Å². The third-order valence-corrected chi connectivity index (χ3v) is 4.23. The molecular formula is C18H18F3N3O2. The fourth-order valence-electron chi connectivity index (χ4n) is 2.86. The Hall–Kier alpha value is -2.90. The molecular weight excluding hydrogens is 347 g/mol. The van der Waals surface area contributed by atoms with Crippen molar-refractivity contribution in [2.24, 2.45) is 0 Å². The molecule has 138 valence electrons. The summed E-state index contributed by atoms with van der Waals surface area (Å²) in [5, 5.41) is 12.4. The minimum Gasteiger partial charge on any atom is -0.506 e. The maximum Gasteiger partial charge on any atom is 0.416 e. The predicted molar refractivity (Wildman–Crippen MR) is 92.4 cm³/mol. The first-order valence-electron chi connectivity index (χ1n) is 8.11. The largest absolute Gasteiger partial charge is 0.506 e. The van der Waals surface area contributed by atoms with Gasteiger partial charge in [0.15, 0.2) is 0 Å². The van der Waals surface area contributed by atoms with Gasteiger partial charge in [0, 0.05) is 31.9 Å². The Labute approximate surface area is 148 Å². The number of nitrogens with one attached hydrogen (secondary N) is 1. The number of halogens is 3. The first kappa shape index (κ1) is 17.9. The molecule has 2 aromatic rings. The van der Waals surface area contributed by atoms with E-state index in [2.05, 4.69) is 5.32 Å². The molecule has 5 nitrogen and oxygen atoms in total. The first-order chi connectivity index (χ1) is 12.3. The standard InChI is InChI=1S/C18H18F3N3O2/c19-18(20,21)13-4-3-5-14(12-13)22-17(26)24-10-8-23(9-11-24)15-6-1-2-7-16(15)25/h1-7,12,25H,8-11H2,(H,22,26). The van der Waals surface area contributed by atoms with Gasteiger partial charge in [-0.15, -0.1) is 0 Å². The normalized spacial score (nSPS) is 15.0. The number of hydrogen-bond donors (Lipinski definition) is 2. The van der Waals surface area contributed by atoms with Gasteiger partial charge in [-0.05, 0) is 30.3 Å². The van der Waals surface area contributed by atoms with E-state index in [1.165, 1.54) is 17.0 Å². The van der Waals surface area contributed by atoms with Crippen LogP contribution < -0.4 is 10.2 Å². The monoisotopic (exact) mass is 365 g/mol. The average molecular weight is 365 g/mol. The highest BCUT2D eigenvalue weighted by atomic mass is 19.4. The molecule has 26 heavy (non-hydrogen) atoms. The fraction of sp³-hybridized carbons (Fsp3) is 0.278. The van der Waals surface area contributed by atoms with Crippen molar-refractivity contribution in [1.29, 1.82) is 0 Å². The van der Waals surface area contributed by atoms with Gasteiger partial charge in [-0.25, -0.2) is 4.79 Å². The van der Waals surface area contributed by atoms with Crippen molar-refractivity contribution in [3.8, 4) is 5.75 Å². The summed E-state index contributed by atoms with van der Waals surface area (Å²) in [6.45, 7) is 1.85. The SMILES string of the molecule is O=C(Nc1cccc(C(F)(F)F)c1)N1CCN(c2ccccc2O)CC1. The number of para-hydroxylation sites is 2. The van der Waals surface area contributed by atoms with Crippen LogP contribution in [0.25, 0.3) is 0 Å². The van der Waals surface area contributed by atoms with Crippen LogP contribution >= 0.6 is 0 Å². The van der Waals surface area contributed by atoms with Gasteiger partial charge in [-0.2, -0.15) is 13.2 Å². The van der Waals surface area contributed by atoms with Gasteiger partial charge in [-0.1, -0.05) is 18.2 Å². The molecule has 0 radical (unpaired) electrons. The van der Waals surface area contributed by atoms with Crippen molar-refractivity contribution < 1.29 is 23.1 Å². The van der Waals surface area contributed by atoms with Crippen molar-refractivity contribution in [2.75, 3.05) is 36.4 Å². The molecule has 0 bridgehead atoms. The van der Waals surface area contributed by atoms with Crippen molar-refractivity contribution in [1.82, 2.24) is 4.90 Å². The molecule has 1 aliphatic rings. The highest BCUT2D eigenvalue weighted by Gasteiger charge is 2.30. The van der Waals surface area contributed by atoms with Crippen LogP contribution in [0.5, 0.6) is 5.75 Å². The summed E-state index contributed by atoms with van der Waals surface area (Å²) < 4.78 is 38.2. The molecule has 0 aliphatic carbocycles. The number of phenolic OH excluding ortho intramolecular Hbond substituents is 1. The number of nitrogens with zero attached hydrogens (tertiary/aromatic N) is 2. The number of aromatic hydroxyl groups is 1. The van der Waals surface area contributed by atoms with Crippen molar-refractivity contribution in [3.63, 3.8) is 0 Å². The van der Waals surface area contributed by atoms with Gasteiger partial charge >= 0.3 is 12.2 Å². The van der Waals surface area contributed by atoms with Crippen molar-refractivity contribution in [3.05, 3.63) is 54.1 Å². The zero-order valence-electron chi connectivity index (χ0n) is 13.8. The highest BCUT2D eigenvalue weighted by Crippen LogP contribution is 2.31. The minimum absolute atomic E-state index is 0.105. The van der Waals surface area contributed by atoms with Gasteiger partial charge in [-0.3, -0.25) is 0 Å². The molecule has 2 amide bonds. The Morgan fingerprint density at radius 2 is 1.69 bits per heavy atom. The molecule has 3 rings (SSSR count).